The first-order valence-corrected chi connectivity index (χ1v) is 12.8. The highest BCUT2D eigenvalue weighted by Gasteiger charge is 2.51. The van der Waals surface area contributed by atoms with E-state index < -0.39 is 5.41 Å². The quantitative estimate of drug-likeness (QED) is 0.505. The minimum absolute atomic E-state index is 0.0665. The SMILES string of the molecule is CCCC1CC(C(C)(C)C)=Cc2cc(NC(=O)C3(c4ccc5c(c4)OCO5)CC3)ccc2C1C. The number of allylic oxidation sites excluding steroid dienone is 1. The van der Waals surface area contributed by atoms with E-state index in [9.17, 15) is 4.79 Å². The first kappa shape index (κ1) is 23.0. The van der Waals surface area contributed by atoms with Crippen LogP contribution < -0.4 is 14.8 Å². The number of fused-ring (bicyclic) bond motifs is 2. The second kappa shape index (κ2) is 8.48. The summed E-state index contributed by atoms with van der Waals surface area (Å²) in [6.45, 7) is 11.8. The third kappa shape index (κ3) is 4.12. The summed E-state index contributed by atoms with van der Waals surface area (Å²) in [4.78, 5) is 13.5. The molecule has 0 saturated heterocycles. The van der Waals surface area contributed by atoms with Gasteiger partial charge in [-0.2, -0.15) is 0 Å². The molecule has 34 heavy (non-hydrogen) atoms. The van der Waals surface area contributed by atoms with E-state index in [0.29, 0.717) is 11.8 Å². The number of rotatable bonds is 5. The van der Waals surface area contributed by atoms with Crippen LogP contribution in [0.2, 0.25) is 0 Å². The van der Waals surface area contributed by atoms with Crippen molar-refractivity contribution in [2.75, 3.05) is 12.1 Å². The molecule has 0 spiro atoms. The molecule has 4 nitrogen and oxygen atoms in total. The molecule has 1 N–H and O–H groups in total. The van der Waals surface area contributed by atoms with Crippen molar-refractivity contribution in [1.82, 2.24) is 0 Å². The van der Waals surface area contributed by atoms with E-state index in [1.807, 2.05) is 18.2 Å². The number of anilines is 1. The molecular weight excluding hydrogens is 422 g/mol. The van der Waals surface area contributed by atoms with Gasteiger partial charge in [-0.15, -0.1) is 0 Å². The molecule has 2 aliphatic carbocycles. The molecule has 4 heteroatoms. The number of amides is 1. The summed E-state index contributed by atoms with van der Waals surface area (Å²) < 4.78 is 11.0. The van der Waals surface area contributed by atoms with Crippen LogP contribution in [0.4, 0.5) is 5.69 Å². The van der Waals surface area contributed by atoms with Gasteiger partial charge in [0.1, 0.15) is 0 Å². The molecular formula is C30H37NO3. The van der Waals surface area contributed by atoms with Crippen molar-refractivity contribution in [3.63, 3.8) is 0 Å². The minimum atomic E-state index is -0.473. The van der Waals surface area contributed by atoms with Gasteiger partial charge in [0.15, 0.2) is 11.5 Å². The molecule has 2 unspecified atom stereocenters. The summed E-state index contributed by atoms with van der Waals surface area (Å²) in [5, 5.41) is 3.25. The topological polar surface area (TPSA) is 47.6 Å². The monoisotopic (exact) mass is 459 g/mol. The lowest BCUT2D eigenvalue weighted by molar-refractivity contribution is -0.118. The fourth-order valence-electron chi connectivity index (χ4n) is 5.61. The number of benzene rings is 2. The summed E-state index contributed by atoms with van der Waals surface area (Å²) in [6.07, 6.45) is 7.69. The van der Waals surface area contributed by atoms with E-state index in [0.717, 1.165) is 42.0 Å². The predicted octanol–water partition coefficient (Wildman–Crippen LogP) is 7.44. The molecule has 2 atom stereocenters. The molecule has 2 aromatic rings. The number of nitrogens with one attached hydrogen (secondary N) is 1. The second-order valence-electron chi connectivity index (χ2n) is 11.4. The van der Waals surface area contributed by atoms with Crippen LogP contribution in [-0.2, 0) is 10.2 Å². The zero-order chi connectivity index (χ0) is 24.1. The zero-order valence-corrected chi connectivity index (χ0v) is 21.2. The first-order chi connectivity index (χ1) is 16.2. The van der Waals surface area contributed by atoms with E-state index in [1.165, 1.54) is 29.5 Å². The average Bonchev–Trinajstić information content (AvgIpc) is 3.50. The van der Waals surface area contributed by atoms with Crippen LogP contribution in [0.15, 0.2) is 42.0 Å². The van der Waals surface area contributed by atoms with Crippen LogP contribution in [0.3, 0.4) is 0 Å². The Labute approximate surface area is 203 Å². The molecule has 1 aliphatic heterocycles. The van der Waals surface area contributed by atoms with Crippen molar-refractivity contribution in [3.8, 4) is 11.5 Å². The molecule has 1 amide bonds. The average molecular weight is 460 g/mol. The van der Waals surface area contributed by atoms with Gasteiger partial charge in [-0.05, 0) is 83.9 Å². The van der Waals surface area contributed by atoms with Gasteiger partial charge < -0.3 is 14.8 Å². The van der Waals surface area contributed by atoms with E-state index in [4.69, 9.17) is 9.47 Å². The van der Waals surface area contributed by atoms with Gasteiger partial charge in [0.25, 0.3) is 0 Å². The van der Waals surface area contributed by atoms with Gasteiger partial charge in [0.05, 0.1) is 5.41 Å². The summed E-state index contributed by atoms with van der Waals surface area (Å²) in [5.41, 5.74) is 5.69. The van der Waals surface area contributed by atoms with Crippen molar-refractivity contribution in [2.45, 2.75) is 78.1 Å². The molecule has 5 rings (SSSR count). The standard InChI is InChI=1S/C30H37NO3/c1-6-7-20-14-23(29(3,4)5)15-21-16-24(9-10-25(21)19(20)2)31-28(32)30(12-13-30)22-8-11-26-27(17-22)34-18-33-26/h8-11,15-17,19-20H,6-7,12-14,18H2,1-5H3,(H,31,32). The summed E-state index contributed by atoms with van der Waals surface area (Å²) in [6, 6.07) is 12.4. The number of hydrogen-bond acceptors (Lipinski definition) is 3. The third-order valence-corrected chi connectivity index (χ3v) is 8.09. The molecule has 1 heterocycles. The highest BCUT2D eigenvalue weighted by atomic mass is 16.7. The number of carbonyl (C=O) groups is 1. The van der Waals surface area contributed by atoms with Crippen LogP contribution in [0.1, 0.15) is 89.3 Å². The van der Waals surface area contributed by atoms with Gasteiger partial charge in [-0.1, -0.05) is 64.8 Å². The first-order valence-electron chi connectivity index (χ1n) is 12.8. The lowest BCUT2D eigenvalue weighted by atomic mass is 9.77. The van der Waals surface area contributed by atoms with Crippen molar-refractivity contribution >= 4 is 17.7 Å². The fraction of sp³-hybridized carbons (Fsp3) is 0.500. The molecule has 1 saturated carbocycles. The van der Waals surface area contributed by atoms with Crippen LogP contribution in [-0.4, -0.2) is 12.7 Å². The van der Waals surface area contributed by atoms with Gasteiger partial charge in [-0.3, -0.25) is 4.79 Å². The Kier molecular flexibility index (Phi) is 5.74. The van der Waals surface area contributed by atoms with Crippen molar-refractivity contribution < 1.29 is 14.3 Å². The smallest absolute Gasteiger partial charge is 0.235 e. The van der Waals surface area contributed by atoms with E-state index >= 15 is 0 Å². The molecule has 3 aliphatic rings. The van der Waals surface area contributed by atoms with E-state index in [2.05, 4.69) is 64.2 Å². The summed E-state index contributed by atoms with van der Waals surface area (Å²) in [7, 11) is 0. The molecule has 2 aromatic carbocycles. The Balaban J connectivity index is 1.43. The summed E-state index contributed by atoms with van der Waals surface area (Å²) in [5.74, 6) is 2.70. The molecule has 1 fully saturated rings. The van der Waals surface area contributed by atoms with Crippen LogP contribution in [0, 0.1) is 11.3 Å². The zero-order valence-electron chi connectivity index (χ0n) is 21.2. The van der Waals surface area contributed by atoms with Crippen molar-refractivity contribution in [1.29, 1.82) is 0 Å². The van der Waals surface area contributed by atoms with Gasteiger partial charge in [0.2, 0.25) is 12.7 Å². The van der Waals surface area contributed by atoms with Crippen molar-refractivity contribution in [3.05, 3.63) is 58.7 Å². The van der Waals surface area contributed by atoms with Gasteiger partial charge in [-0.25, -0.2) is 0 Å². The van der Waals surface area contributed by atoms with E-state index in [-0.39, 0.29) is 18.1 Å². The summed E-state index contributed by atoms with van der Waals surface area (Å²) >= 11 is 0. The van der Waals surface area contributed by atoms with Crippen LogP contribution in [0.5, 0.6) is 11.5 Å². The van der Waals surface area contributed by atoms with Crippen LogP contribution in [0.25, 0.3) is 6.08 Å². The third-order valence-electron chi connectivity index (χ3n) is 8.09. The van der Waals surface area contributed by atoms with Crippen LogP contribution >= 0.6 is 0 Å². The Bertz CT molecular complexity index is 1140. The minimum Gasteiger partial charge on any atom is -0.454 e. The highest BCUT2D eigenvalue weighted by Crippen LogP contribution is 2.51. The molecule has 180 valence electrons. The Morgan fingerprint density at radius 2 is 1.85 bits per heavy atom. The van der Waals surface area contributed by atoms with Gasteiger partial charge >= 0.3 is 0 Å². The Morgan fingerprint density at radius 1 is 1.09 bits per heavy atom. The highest BCUT2D eigenvalue weighted by molar-refractivity contribution is 6.01. The molecule has 0 radical (unpaired) electrons. The number of ether oxygens (including phenoxy) is 2. The van der Waals surface area contributed by atoms with Gasteiger partial charge in [0, 0.05) is 5.69 Å². The fourth-order valence-corrected chi connectivity index (χ4v) is 5.61. The Hall–Kier alpha value is -2.75. The predicted molar refractivity (Wildman–Crippen MR) is 137 cm³/mol. The Morgan fingerprint density at radius 3 is 2.56 bits per heavy atom. The molecule has 0 bridgehead atoms. The normalized spacial score (nSPS) is 22.4. The van der Waals surface area contributed by atoms with E-state index in [1.54, 1.807) is 0 Å². The maximum absolute atomic E-state index is 13.5. The maximum atomic E-state index is 13.5. The largest absolute Gasteiger partial charge is 0.454 e. The maximum Gasteiger partial charge on any atom is 0.235 e. The number of hydrogen-bond donors (Lipinski definition) is 1. The number of carbonyl (C=O) groups excluding carboxylic acids is 1. The lowest BCUT2D eigenvalue weighted by Gasteiger charge is -2.28. The van der Waals surface area contributed by atoms with Crippen molar-refractivity contribution in [2.24, 2.45) is 11.3 Å². The molecule has 0 aromatic heterocycles. The second-order valence-corrected chi connectivity index (χ2v) is 11.4. The lowest BCUT2D eigenvalue weighted by Crippen LogP contribution is -2.27.